The average molecular weight is 348 g/mol. The summed E-state index contributed by atoms with van der Waals surface area (Å²) >= 11 is 11.8. The van der Waals surface area contributed by atoms with Crippen molar-refractivity contribution >= 4 is 45.8 Å². The molecule has 118 valence electrons. The highest BCUT2D eigenvalue weighted by Crippen LogP contribution is 2.22. The van der Waals surface area contributed by atoms with E-state index < -0.39 is 0 Å². The Morgan fingerprint density at radius 2 is 1.83 bits per heavy atom. The van der Waals surface area contributed by atoms with Crippen LogP contribution in [0.25, 0.3) is 10.9 Å². The third kappa shape index (κ3) is 3.97. The molecule has 0 saturated heterocycles. The maximum Gasteiger partial charge on any atom is 0.319 e. The minimum Gasteiger partial charge on any atom is -0.361 e. The van der Waals surface area contributed by atoms with Crippen LogP contribution in [0.5, 0.6) is 0 Å². The van der Waals surface area contributed by atoms with E-state index in [0.29, 0.717) is 22.3 Å². The van der Waals surface area contributed by atoms with Crippen LogP contribution in [0.3, 0.4) is 0 Å². The normalized spacial score (nSPS) is 10.7. The fourth-order valence-corrected chi connectivity index (χ4v) is 2.98. The number of para-hydroxylation sites is 1. The van der Waals surface area contributed by atoms with Crippen LogP contribution < -0.4 is 10.6 Å². The molecule has 2 aromatic carbocycles. The zero-order valence-electron chi connectivity index (χ0n) is 12.2. The van der Waals surface area contributed by atoms with Crippen molar-refractivity contribution in [1.82, 2.24) is 10.3 Å². The maximum atomic E-state index is 11.9. The first-order valence-corrected chi connectivity index (χ1v) is 7.93. The molecule has 2 amide bonds. The number of anilines is 1. The van der Waals surface area contributed by atoms with E-state index in [-0.39, 0.29) is 6.03 Å². The molecule has 0 fully saturated rings. The van der Waals surface area contributed by atoms with Crippen molar-refractivity contribution in [2.45, 2.75) is 6.42 Å². The number of hydrogen-bond acceptors (Lipinski definition) is 1. The number of carbonyl (C=O) groups is 1. The van der Waals surface area contributed by atoms with Crippen LogP contribution in [0, 0.1) is 0 Å². The summed E-state index contributed by atoms with van der Waals surface area (Å²) in [5, 5.41) is 7.67. The Bertz CT molecular complexity index is 824. The van der Waals surface area contributed by atoms with Gasteiger partial charge in [0, 0.05) is 39.4 Å². The van der Waals surface area contributed by atoms with Crippen molar-refractivity contribution in [3.8, 4) is 0 Å². The molecule has 3 aromatic rings. The lowest BCUT2D eigenvalue weighted by Gasteiger charge is -2.08. The number of hydrogen-bond donors (Lipinski definition) is 3. The molecule has 4 nitrogen and oxygen atoms in total. The number of nitrogens with one attached hydrogen (secondary N) is 3. The van der Waals surface area contributed by atoms with Gasteiger partial charge in [0.05, 0.1) is 0 Å². The van der Waals surface area contributed by atoms with Gasteiger partial charge < -0.3 is 15.6 Å². The third-order valence-corrected chi connectivity index (χ3v) is 3.91. The second kappa shape index (κ2) is 6.94. The van der Waals surface area contributed by atoms with Gasteiger partial charge in [-0.05, 0) is 36.2 Å². The molecule has 0 saturated carbocycles. The lowest BCUT2D eigenvalue weighted by atomic mass is 10.1. The number of benzene rings is 2. The SMILES string of the molecule is O=C(NCCc1c[nH]c2ccccc12)Nc1cc(Cl)cc(Cl)c1. The molecule has 0 spiro atoms. The van der Waals surface area contributed by atoms with Crippen molar-refractivity contribution in [3.63, 3.8) is 0 Å². The maximum absolute atomic E-state index is 11.9. The van der Waals surface area contributed by atoms with Crippen LogP contribution in [0.1, 0.15) is 5.56 Å². The predicted molar refractivity (Wildman–Crippen MR) is 95.5 cm³/mol. The average Bonchev–Trinajstić information content (AvgIpc) is 2.90. The molecular formula is C17H15Cl2N3O. The van der Waals surface area contributed by atoms with Gasteiger partial charge in [-0.15, -0.1) is 0 Å². The minimum atomic E-state index is -0.289. The molecule has 1 heterocycles. The lowest BCUT2D eigenvalue weighted by molar-refractivity contribution is 0.252. The molecule has 0 unspecified atom stereocenters. The number of aromatic nitrogens is 1. The number of rotatable bonds is 4. The highest BCUT2D eigenvalue weighted by Gasteiger charge is 2.06. The summed E-state index contributed by atoms with van der Waals surface area (Å²) in [4.78, 5) is 15.1. The van der Waals surface area contributed by atoms with E-state index in [0.717, 1.165) is 11.9 Å². The predicted octanol–water partition coefficient (Wildman–Crippen LogP) is 4.84. The molecule has 0 radical (unpaired) electrons. The number of carbonyl (C=O) groups excluding carboxylic acids is 1. The van der Waals surface area contributed by atoms with Crippen LogP contribution in [0.4, 0.5) is 10.5 Å². The van der Waals surface area contributed by atoms with Gasteiger partial charge in [0.15, 0.2) is 0 Å². The van der Waals surface area contributed by atoms with Crippen molar-refractivity contribution < 1.29 is 4.79 Å². The fraction of sp³-hybridized carbons (Fsp3) is 0.118. The van der Waals surface area contributed by atoms with E-state index in [1.165, 1.54) is 10.9 Å². The van der Waals surface area contributed by atoms with Crippen molar-refractivity contribution in [3.05, 3.63) is 64.3 Å². The molecule has 3 rings (SSSR count). The summed E-state index contributed by atoms with van der Waals surface area (Å²) in [5.41, 5.74) is 2.83. The summed E-state index contributed by atoms with van der Waals surface area (Å²) in [5.74, 6) is 0. The molecule has 0 aliphatic rings. The van der Waals surface area contributed by atoms with Crippen LogP contribution >= 0.6 is 23.2 Å². The summed E-state index contributed by atoms with van der Waals surface area (Å²) < 4.78 is 0. The van der Waals surface area contributed by atoms with Crippen LogP contribution in [0.2, 0.25) is 10.0 Å². The summed E-state index contributed by atoms with van der Waals surface area (Å²) in [6.07, 6.45) is 2.72. The number of H-pyrrole nitrogens is 1. The lowest BCUT2D eigenvalue weighted by Crippen LogP contribution is -2.30. The second-order valence-corrected chi connectivity index (χ2v) is 6.02. The first kappa shape index (κ1) is 15.7. The zero-order chi connectivity index (χ0) is 16.2. The molecule has 3 N–H and O–H groups in total. The number of fused-ring (bicyclic) bond motifs is 1. The molecule has 0 bridgehead atoms. The van der Waals surface area contributed by atoms with E-state index in [9.17, 15) is 4.79 Å². The van der Waals surface area contributed by atoms with Crippen molar-refractivity contribution in [1.29, 1.82) is 0 Å². The smallest absolute Gasteiger partial charge is 0.319 e. The van der Waals surface area contributed by atoms with Crippen LogP contribution in [0.15, 0.2) is 48.7 Å². The Balaban J connectivity index is 1.55. The second-order valence-electron chi connectivity index (χ2n) is 5.15. The molecule has 0 atom stereocenters. The number of halogens is 2. The topological polar surface area (TPSA) is 56.9 Å². The van der Waals surface area contributed by atoms with Gasteiger partial charge in [-0.2, -0.15) is 0 Å². The Labute approximate surface area is 143 Å². The van der Waals surface area contributed by atoms with E-state index >= 15 is 0 Å². The Morgan fingerprint density at radius 3 is 2.61 bits per heavy atom. The number of urea groups is 1. The molecular weight excluding hydrogens is 333 g/mol. The molecule has 0 aliphatic carbocycles. The fourth-order valence-electron chi connectivity index (χ4n) is 2.45. The van der Waals surface area contributed by atoms with Gasteiger partial charge in [0.25, 0.3) is 0 Å². The monoisotopic (exact) mass is 347 g/mol. The Kier molecular flexibility index (Phi) is 4.74. The minimum absolute atomic E-state index is 0.289. The van der Waals surface area contributed by atoms with Gasteiger partial charge in [-0.25, -0.2) is 4.79 Å². The Morgan fingerprint density at radius 1 is 1.09 bits per heavy atom. The van der Waals surface area contributed by atoms with E-state index in [1.807, 2.05) is 24.4 Å². The highest BCUT2D eigenvalue weighted by molar-refractivity contribution is 6.35. The number of amides is 2. The van der Waals surface area contributed by atoms with Gasteiger partial charge in [0.1, 0.15) is 0 Å². The molecule has 6 heteroatoms. The number of aromatic amines is 1. The van der Waals surface area contributed by atoms with Gasteiger partial charge in [-0.3, -0.25) is 0 Å². The molecule has 0 aliphatic heterocycles. The first-order valence-electron chi connectivity index (χ1n) is 7.18. The van der Waals surface area contributed by atoms with Crippen LogP contribution in [-0.4, -0.2) is 17.6 Å². The van der Waals surface area contributed by atoms with E-state index in [1.54, 1.807) is 18.2 Å². The molecule has 1 aromatic heterocycles. The summed E-state index contributed by atoms with van der Waals surface area (Å²) in [6.45, 7) is 0.530. The van der Waals surface area contributed by atoms with Gasteiger partial charge in [-0.1, -0.05) is 41.4 Å². The van der Waals surface area contributed by atoms with Crippen LogP contribution in [-0.2, 0) is 6.42 Å². The van der Waals surface area contributed by atoms with E-state index in [2.05, 4.69) is 21.7 Å². The zero-order valence-corrected chi connectivity index (χ0v) is 13.7. The summed E-state index contributed by atoms with van der Waals surface area (Å²) in [6, 6.07) is 12.7. The Hall–Kier alpha value is -2.17. The first-order chi connectivity index (χ1) is 11.1. The van der Waals surface area contributed by atoms with Crippen molar-refractivity contribution in [2.75, 3.05) is 11.9 Å². The third-order valence-electron chi connectivity index (χ3n) is 3.48. The van der Waals surface area contributed by atoms with Crippen molar-refractivity contribution in [2.24, 2.45) is 0 Å². The van der Waals surface area contributed by atoms with E-state index in [4.69, 9.17) is 23.2 Å². The highest BCUT2D eigenvalue weighted by atomic mass is 35.5. The quantitative estimate of drug-likeness (QED) is 0.621. The van der Waals surface area contributed by atoms with Gasteiger partial charge in [0.2, 0.25) is 0 Å². The largest absolute Gasteiger partial charge is 0.361 e. The summed E-state index contributed by atoms with van der Waals surface area (Å²) in [7, 11) is 0. The standard InChI is InChI=1S/C17H15Cl2N3O/c18-12-7-13(19)9-14(8-12)22-17(23)20-6-5-11-10-21-16-4-2-1-3-15(11)16/h1-4,7-10,21H,5-6H2,(H2,20,22,23). The van der Waals surface area contributed by atoms with Gasteiger partial charge >= 0.3 is 6.03 Å². The molecule has 23 heavy (non-hydrogen) atoms.